The van der Waals surface area contributed by atoms with E-state index in [0.717, 1.165) is 38.4 Å². The van der Waals surface area contributed by atoms with Gasteiger partial charge in [-0.05, 0) is 50.5 Å². The van der Waals surface area contributed by atoms with Crippen LogP contribution in [0.25, 0.3) is 0 Å². The fourth-order valence-electron chi connectivity index (χ4n) is 3.41. The van der Waals surface area contributed by atoms with E-state index in [1.807, 2.05) is 4.90 Å². The molecule has 2 aliphatic rings. The van der Waals surface area contributed by atoms with Crippen molar-refractivity contribution in [1.29, 1.82) is 0 Å². The van der Waals surface area contributed by atoms with E-state index >= 15 is 0 Å². The first kappa shape index (κ1) is 14.8. The molecule has 2 rings (SSSR count). The zero-order valence-corrected chi connectivity index (χ0v) is 13.0. The summed E-state index contributed by atoms with van der Waals surface area (Å²) in [6, 6.07) is 0. The lowest BCUT2D eigenvalue weighted by molar-refractivity contribution is -0.127. The summed E-state index contributed by atoms with van der Waals surface area (Å²) in [5, 5.41) is 0. The molecule has 1 aliphatic carbocycles. The molecule has 19 heavy (non-hydrogen) atoms. The van der Waals surface area contributed by atoms with Gasteiger partial charge in [0.2, 0.25) is 5.91 Å². The molecular formula is C16H30N2O. The molecule has 1 amide bonds. The highest BCUT2D eigenvalue weighted by Crippen LogP contribution is 2.38. The Kier molecular flexibility index (Phi) is 4.88. The van der Waals surface area contributed by atoms with Crippen LogP contribution >= 0.6 is 0 Å². The van der Waals surface area contributed by atoms with Crippen molar-refractivity contribution in [1.82, 2.24) is 9.80 Å². The highest BCUT2D eigenvalue weighted by atomic mass is 16.2. The quantitative estimate of drug-likeness (QED) is 0.764. The van der Waals surface area contributed by atoms with Crippen molar-refractivity contribution in [3.05, 3.63) is 0 Å². The van der Waals surface area contributed by atoms with E-state index in [9.17, 15) is 4.79 Å². The number of carbonyl (C=O) groups is 1. The lowest BCUT2D eigenvalue weighted by Crippen LogP contribution is -2.37. The zero-order chi connectivity index (χ0) is 13.9. The van der Waals surface area contributed by atoms with Crippen molar-refractivity contribution < 1.29 is 4.79 Å². The summed E-state index contributed by atoms with van der Waals surface area (Å²) in [7, 11) is 2.21. The molecule has 0 radical (unpaired) electrons. The maximum Gasteiger partial charge on any atom is 0.222 e. The number of nitrogens with zero attached hydrogens (tertiary/aromatic N) is 2. The standard InChI is InChI=1S/C16H30N2O/c1-16(2)8-6-14(7-9-16)13-17(3)11-12-18-10-4-5-15(18)19/h14H,4-13H2,1-3H3. The molecule has 0 aromatic rings. The normalized spacial score (nSPS) is 24.4. The third kappa shape index (κ3) is 4.48. The number of hydrogen-bond donors (Lipinski definition) is 0. The van der Waals surface area contributed by atoms with E-state index in [4.69, 9.17) is 0 Å². The molecular weight excluding hydrogens is 236 g/mol. The zero-order valence-electron chi connectivity index (χ0n) is 13.0. The predicted octanol–water partition coefficient (Wildman–Crippen LogP) is 2.76. The van der Waals surface area contributed by atoms with Gasteiger partial charge in [-0.1, -0.05) is 13.8 Å². The summed E-state index contributed by atoms with van der Waals surface area (Å²) in [4.78, 5) is 16.0. The second-order valence-electron chi connectivity index (χ2n) is 7.35. The summed E-state index contributed by atoms with van der Waals surface area (Å²) in [6.07, 6.45) is 7.31. The van der Waals surface area contributed by atoms with Gasteiger partial charge in [0.1, 0.15) is 0 Å². The molecule has 0 N–H and O–H groups in total. The first-order valence-electron chi connectivity index (χ1n) is 7.93. The molecule has 0 spiro atoms. The van der Waals surface area contributed by atoms with E-state index in [1.165, 1.54) is 32.2 Å². The highest BCUT2D eigenvalue weighted by Gasteiger charge is 2.27. The van der Waals surface area contributed by atoms with E-state index in [-0.39, 0.29) is 0 Å². The van der Waals surface area contributed by atoms with Gasteiger partial charge in [0.05, 0.1) is 0 Å². The van der Waals surface area contributed by atoms with Crippen LogP contribution in [0.5, 0.6) is 0 Å². The summed E-state index contributed by atoms with van der Waals surface area (Å²) in [6.45, 7) is 8.93. The summed E-state index contributed by atoms with van der Waals surface area (Å²) in [5.41, 5.74) is 0.567. The topological polar surface area (TPSA) is 23.6 Å². The first-order valence-corrected chi connectivity index (χ1v) is 7.93. The van der Waals surface area contributed by atoms with E-state index in [0.29, 0.717) is 11.3 Å². The Labute approximate surface area is 118 Å². The molecule has 0 aromatic carbocycles. The third-order valence-corrected chi connectivity index (χ3v) is 4.95. The second-order valence-corrected chi connectivity index (χ2v) is 7.35. The van der Waals surface area contributed by atoms with Crippen LogP contribution in [0, 0.1) is 11.3 Å². The predicted molar refractivity (Wildman–Crippen MR) is 79.1 cm³/mol. The van der Waals surface area contributed by atoms with Crippen LogP contribution in [0.3, 0.4) is 0 Å². The number of likely N-dealkylation sites (N-methyl/N-ethyl adjacent to an activating group) is 1. The number of carbonyl (C=O) groups excluding carboxylic acids is 1. The van der Waals surface area contributed by atoms with Crippen LogP contribution in [0.2, 0.25) is 0 Å². The minimum Gasteiger partial charge on any atom is -0.341 e. The van der Waals surface area contributed by atoms with Gasteiger partial charge in [-0.15, -0.1) is 0 Å². The molecule has 1 saturated carbocycles. The van der Waals surface area contributed by atoms with Gasteiger partial charge in [-0.3, -0.25) is 4.79 Å². The average molecular weight is 266 g/mol. The maximum atomic E-state index is 11.6. The monoisotopic (exact) mass is 266 g/mol. The molecule has 0 atom stereocenters. The van der Waals surface area contributed by atoms with Crippen molar-refractivity contribution >= 4 is 5.91 Å². The fraction of sp³-hybridized carbons (Fsp3) is 0.938. The summed E-state index contributed by atoms with van der Waals surface area (Å²) < 4.78 is 0. The van der Waals surface area contributed by atoms with Crippen molar-refractivity contribution in [3.8, 4) is 0 Å². The van der Waals surface area contributed by atoms with E-state index < -0.39 is 0 Å². The van der Waals surface area contributed by atoms with Crippen molar-refractivity contribution in [2.24, 2.45) is 11.3 Å². The second kappa shape index (κ2) is 6.25. The number of rotatable bonds is 5. The smallest absolute Gasteiger partial charge is 0.222 e. The SMILES string of the molecule is CN(CCN1CCCC1=O)CC1CCC(C)(C)CC1. The third-order valence-electron chi connectivity index (χ3n) is 4.95. The van der Waals surface area contributed by atoms with Crippen molar-refractivity contribution in [3.63, 3.8) is 0 Å². The van der Waals surface area contributed by atoms with Crippen LogP contribution in [0.4, 0.5) is 0 Å². The number of likely N-dealkylation sites (tertiary alicyclic amines) is 1. The number of hydrogen-bond acceptors (Lipinski definition) is 2. The minimum absolute atomic E-state index is 0.354. The van der Waals surface area contributed by atoms with Gasteiger partial charge in [0.25, 0.3) is 0 Å². The average Bonchev–Trinajstić information content (AvgIpc) is 2.75. The van der Waals surface area contributed by atoms with Crippen molar-refractivity contribution in [2.45, 2.75) is 52.4 Å². The Morgan fingerprint density at radius 2 is 2.00 bits per heavy atom. The molecule has 0 aromatic heterocycles. The highest BCUT2D eigenvalue weighted by molar-refractivity contribution is 5.78. The largest absolute Gasteiger partial charge is 0.341 e. The van der Waals surface area contributed by atoms with Crippen LogP contribution in [0.15, 0.2) is 0 Å². The molecule has 2 fully saturated rings. The van der Waals surface area contributed by atoms with Gasteiger partial charge in [0.15, 0.2) is 0 Å². The van der Waals surface area contributed by atoms with E-state index in [2.05, 4.69) is 25.8 Å². The Morgan fingerprint density at radius 1 is 1.32 bits per heavy atom. The molecule has 1 aliphatic heterocycles. The minimum atomic E-state index is 0.354. The van der Waals surface area contributed by atoms with Crippen LogP contribution in [-0.2, 0) is 4.79 Å². The van der Waals surface area contributed by atoms with Gasteiger partial charge >= 0.3 is 0 Å². The fourth-order valence-corrected chi connectivity index (χ4v) is 3.41. The maximum absolute atomic E-state index is 11.6. The summed E-state index contributed by atoms with van der Waals surface area (Å²) in [5.74, 6) is 1.22. The Morgan fingerprint density at radius 3 is 2.58 bits per heavy atom. The van der Waals surface area contributed by atoms with Gasteiger partial charge < -0.3 is 9.80 Å². The lowest BCUT2D eigenvalue weighted by atomic mass is 9.73. The molecule has 3 nitrogen and oxygen atoms in total. The molecule has 0 unspecified atom stereocenters. The number of amides is 1. The molecule has 110 valence electrons. The Balaban J connectivity index is 1.64. The molecule has 0 bridgehead atoms. The Bertz CT molecular complexity index is 304. The first-order chi connectivity index (χ1) is 8.96. The van der Waals surface area contributed by atoms with Gasteiger partial charge in [0, 0.05) is 32.6 Å². The van der Waals surface area contributed by atoms with Gasteiger partial charge in [-0.2, -0.15) is 0 Å². The van der Waals surface area contributed by atoms with Gasteiger partial charge in [-0.25, -0.2) is 0 Å². The lowest BCUT2D eigenvalue weighted by Gasteiger charge is -2.36. The Hall–Kier alpha value is -0.570. The molecule has 1 saturated heterocycles. The van der Waals surface area contributed by atoms with Crippen molar-refractivity contribution in [2.75, 3.05) is 33.2 Å². The molecule has 3 heteroatoms. The van der Waals surface area contributed by atoms with Crippen LogP contribution in [-0.4, -0.2) is 48.9 Å². The van der Waals surface area contributed by atoms with Crippen LogP contribution < -0.4 is 0 Å². The van der Waals surface area contributed by atoms with Crippen LogP contribution in [0.1, 0.15) is 52.4 Å². The molecule has 1 heterocycles. The summed E-state index contributed by atoms with van der Waals surface area (Å²) >= 11 is 0. The van der Waals surface area contributed by atoms with E-state index in [1.54, 1.807) is 0 Å².